The largest absolute Gasteiger partial charge is 0.466 e. The first-order chi connectivity index (χ1) is 19.0. The molecule has 2 unspecified atom stereocenters. The first-order valence-electron chi connectivity index (χ1n) is 15.1. The SMILES string of the molecule is CCOC(=O)CCC(=O)c1nc2ccccc2n(C2C[C@H]3COC[C@H](C2)N3C2CC3CCCC[C@H](C3)C2)c1=O. The average Bonchev–Trinajstić information content (AvgIpc) is 3.10. The Morgan fingerprint density at radius 3 is 2.31 bits per heavy atom. The number of Topliss-reactive ketones (excluding diaryl/α,β-unsaturated/α-hetero) is 1. The van der Waals surface area contributed by atoms with Crippen molar-refractivity contribution in [2.24, 2.45) is 11.8 Å². The fourth-order valence-corrected chi connectivity index (χ4v) is 8.10. The summed E-state index contributed by atoms with van der Waals surface area (Å²) < 4.78 is 12.9. The van der Waals surface area contributed by atoms with Crippen LogP contribution >= 0.6 is 0 Å². The van der Waals surface area contributed by atoms with E-state index < -0.39 is 11.8 Å². The van der Waals surface area contributed by atoms with Crippen molar-refractivity contribution >= 4 is 22.8 Å². The summed E-state index contributed by atoms with van der Waals surface area (Å²) in [5.74, 6) is 0.865. The number of hydrogen-bond acceptors (Lipinski definition) is 7. The minimum absolute atomic E-state index is 0.0250. The lowest BCUT2D eigenvalue weighted by Gasteiger charge is -2.54. The molecule has 0 amide bonds. The lowest BCUT2D eigenvalue weighted by Crippen LogP contribution is -2.62. The van der Waals surface area contributed by atoms with Crippen LogP contribution in [-0.4, -0.2) is 64.1 Å². The molecule has 4 bridgehead atoms. The number of esters is 1. The Balaban J connectivity index is 1.28. The molecular weight excluding hydrogens is 494 g/mol. The quantitative estimate of drug-likeness (QED) is 0.375. The van der Waals surface area contributed by atoms with Crippen LogP contribution < -0.4 is 5.56 Å². The third-order valence-corrected chi connectivity index (χ3v) is 9.61. The van der Waals surface area contributed by atoms with Crippen molar-refractivity contribution in [2.75, 3.05) is 19.8 Å². The fraction of sp³-hybridized carbons (Fsp3) is 0.677. The molecule has 2 saturated heterocycles. The third-order valence-electron chi connectivity index (χ3n) is 9.61. The predicted octanol–water partition coefficient (Wildman–Crippen LogP) is 4.69. The van der Waals surface area contributed by atoms with Gasteiger partial charge < -0.3 is 14.0 Å². The molecule has 0 spiro atoms. The molecule has 39 heavy (non-hydrogen) atoms. The molecule has 0 N–H and O–H groups in total. The van der Waals surface area contributed by atoms with E-state index in [2.05, 4.69) is 9.88 Å². The number of piperidine rings is 1. The molecule has 5 atom stereocenters. The van der Waals surface area contributed by atoms with Gasteiger partial charge in [-0.1, -0.05) is 37.8 Å². The van der Waals surface area contributed by atoms with E-state index in [9.17, 15) is 14.4 Å². The van der Waals surface area contributed by atoms with Crippen molar-refractivity contribution in [1.29, 1.82) is 0 Å². The number of benzene rings is 1. The summed E-state index contributed by atoms with van der Waals surface area (Å²) in [7, 11) is 0. The summed E-state index contributed by atoms with van der Waals surface area (Å²) in [4.78, 5) is 46.1. The van der Waals surface area contributed by atoms with Crippen molar-refractivity contribution in [1.82, 2.24) is 14.5 Å². The summed E-state index contributed by atoms with van der Waals surface area (Å²) in [6, 6.07) is 8.72. The van der Waals surface area contributed by atoms with Crippen molar-refractivity contribution in [2.45, 2.75) is 102 Å². The summed E-state index contributed by atoms with van der Waals surface area (Å²) in [6.45, 7) is 3.39. The Labute approximate surface area is 230 Å². The van der Waals surface area contributed by atoms with Gasteiger partial charge in [-0.25, -0.2) is 4.98 Å². The van der Waals surface area contributed by atoms with E-state index in [1.165, 1.54) is 44.9 Å². The van der Waals surface area contributed by atoms with Crippen LogP contribution in [0.4, 0.5) is 0 Å². The second-order valence-corrected chi connectivity index (χ2v) is 12.1. The lowest BCUT2D eigenvalue weighted by molar-refractivity contribution is -0.143. The Hall–Kier alpha value is -2.58. The minimum atomic E-state index is -0.435. The smallest absolute Gasteiger partial charge is 0.306 e. The average molecular weight is 536 g/mol. The van der Waals surface area contributed by atoms with Crippen molar-refractivity contribution in [3.8, 4) is 0 Å². The van der Waals surface area contributed by atoms with Crippen LogP contribution in [0.5, 0.6) is 0 Å². The van der Waals surface area contributed by atoms with Gasteiger partial charge in [0.25, 0.3) is 5.56 Å². The number of ketones is 1. The summed E-state index contributed by atoms with van der Waals surface area (Å²) in [5, 5.41) is 0. The first-order valence-corrected chi connectivity index (χ1v) is 15.1. The maximum Gasteiger partial charge on any atom is 0.306 e. The monoisotopic (exact) mass is 535 g/mol. The number of hydrogen-bond donors (Lipinski definition) is 0. The van der Waals surface area contributed by atoms with E-state index in [-0.39, 0.29) is 48.8 Å². The molecular formula is C31H41N3O5. The number of carbonyl (C=O) groups excluding carboxylic acids is 2. The molecule has 6 rings (SSSR count). The van der Waals surface area contributed by atoms with E-state index in [4.69, 9.17) is 9.47 Å². The Morgan fingerprint density at radius 2 is 1.62 bits per heavy atom. The van der Waals surface area contributed by atoms with Gasteiger partial charge >= 0.3 is 5.97 Å². The Kier molecular flexibility index (Phi) is 7.85. The third kappa shape index (κ3) is 5.42. The first kappa shape index (κ1) is 26.6. The number of nitrogens with zero attached hydrogens (tertiary/aromatic N) is 3. The molecule has 3 heterocycles. The van der Waals surface area contributed by atoms with E-state index in [0.29, 0.717) is 24.8 Å². The topological polar surface area (TPSA) is 90.7 Å². The highest BCUT2D eigenvalue weighted by molar-refractivity contribution is 5.97. The zero-order chi connectivity index (χ0) is 26.9. The zero-order valence-electron chi connectivity index (χ0n) is 23.1. The molecule has 210 valence electrons. The number of aromatic nitrogens is 2. The normalized spacial score (nSPS) is 31.0. The molecule has 2 aliphatic carbocycles. The molecule has 0 radical (unpaired) electrons. The number of rotatable bonds is 7. The van der Waals surface area contributed by atoms with Gasteiger partial charge in [0, 0.05) is 30.6 Å². The molecule has 1 aromatic heterocycles. The molecule has 8 heteroatoms. The summed E-state index contributed by atoms with van der Waals surface area (Å²) >= 11 is 0. The van der Waals surface area contributed by atoms with Gasteiger partial charge in [0.15, 0.2) is 11.5 Å². The number of fused-ring (bicyclic) bond motifs is 5. The second-order valence-electron chi connectivity index (χ2n) is 12.1. The highest BCUT2D eigenvalue weighted by Crippen LogP contribution is 2.44. The maximum absolute atomic E-state index is 13.9. The molecule has 8 nitrogen and oxygen atoms in total. The maximum atomic E-state index is 13.9. The van der Waals surface area contributed by atoms with Crippen molar-refractivity contribution in [3.05, 3.63) is 40.3 Å². The van der Waals surface area contributed by atoms with Gasteiger partial charge in [0.05, 0.1) is 37.3 Å². The van der Waals surface area contributed by atoms with Gasteiger partial charge in [-0.3, -0.25) is 19.3 Å². The summed E-state index contributed by atoms with van der Waals surface area (Å²) in [6.07, 6.45) is 11.0. The number of carbonyl (C=O) groups is 2. The van der Waals surface area contributed by atoms with Crippen LogP contribution in [0.3, 0.4) is 0 Å². The number of morpholine rings is 1. The van der Waals surface area contributed by atoms with E-state index in [1.807, 2.05) is 28.8 Å². The van der Waals surface area contributed by atoms with Gasteiger partial charge in [0.1, 0.15) is 0 Å². The van der Waals surface area contributed by atoms with Gasteiger partial charge in [-0.05, 0) is 63.0 Å². The van der Waals surface area contributed by atoms with Crippen LogP contribution in [0.1, 0.15) is 94.1 Å². The van der Waals surface area contributed by atoms with Crippen molar-refractivity contribution < 1.29 is 19.1 Å². The zero-order valence-corrected chi connectivity index (χ0v) is 23.1. The lowest BCUT2D eigenvalue weighted by atomic mass is 9.75. The Morgan fingerprint density at radius 1 is 0.923 bits per heavy atom. The molecule has 2 aliphatic heterocycles. The van der Waals surface area contributed by atoms with E-state index >= 15 is 0 Å². The van der Waals surface area contributed by atoms with Crippen LogP contribution in [0.15, 0.2) is 29.1 Å². The van der Waals surface area contributed by atoms with E-state index in [1.54, 1.807) is 6.92 Å². The number of ether oxygens (including phenoxy) is 2. The van der Waals surface area contributed by atoms with Gasteiger partial charge in [-0.2, -0.15) is 0 Å². The minimum Gasteiger partial charge on any atom is -0.466 e. The van der Waals surface area contributed by atoms with Crippen LogP contribution in [0.25, 0.3) is 11.0 Å². The molecule has 2 saturated carbocycles. The van der Waals surface area contributed by atoms with E-state index in [0.717, 1.165) is 30.2 Å². The van der Waals surface area contributed by atoms with Gasteiger partial charge in [-0.15, -0.1) is 0 Å². The summed E-state index contributed by atoms with van der Waals surface area (Å²) in [5.41, 5.74) is 0.990. The molecule has 4 fully saturated rings. The fourth-order valence-electron chi connectivity index (χ4n) is 8.10. The highest BCUT2D eigenvalue weighted by atomic mass is 16.5. The molecule has 4 aliphatic rings. The Bertz CT molecular complexity index is 1250. The number of para-hydroxylation sites is 2. The standard InChI is InChI=1S/C31H41N3O5/c1-2-39-29(36)12-11-28(35)30-31(37)34(27-10-6-5-9-26(27)32-30)23-16-24-18-38-19-25(17-23)33(24)22-14-20-7-3-4-8-21(13-20)15-22/h5-6,9-10,20-25H,2-4,7-8,11-19H2,1H3/t20-,21?,22?,24+,25+/m1/s1. The van der Waals surface area contributed by atoms with Crippen molar-refractivity contribution in [3.63, 3.8) is 0 Å². The molecule has 1 aromatic carbocycles. The van der Waals surface area contributed by atoms with Crippen LogP contribution in [0, 0.1) is 11.8 Å². The molecule has 2 aromatic rings. The van der Waals surface area contributed by atoms with Gasteiger partial charge in [0.2, 0.25) is 0 Å². The van der Waals surface area contributed by atoms with Crippen LogP contribution in [0.2, 0.25) is 0 Å². The van der Waals surface area contributed by atoms with Crippen LogP contribution in [-0.2, 0) is 14.3 Å². The predicted molar refractivity (Wildman–Crippen MR) is 148 cm³/mol. The highest BCUT2D eigenvalue weighted by Gasteiger charge is 2.46. The second kappa shape index (κ2) is 11.5.